The van der Waals surface area contributed by atoms with Gasteiger partial charge in [0.05, 0.1) is 20.1 Å². The molecular formula is C10H18N+. The van der Waals surface area contributed by atoms with Crippen LogP contribution in [0.4, 0.5) is 0 Å². The van der Waals surface area contributed by atoms with Gasteiger partial charge in [-0.3, -0.25) is 0 Å². The standard InChI is InChI=1S/C10H18N/c1-11(2)9-5-3-6-10(11)8-4-7-9/h3,5,9-10H,4,6-8H2,1-2H3/q+1/t9-,10+/m1/s1. The van der Waals surface area contributed by atoms with Crippen molar-refractivity contribution in [3.05, 3.63) is 12.2 Å². The predicted octanol–water partition coefficient (Wildman–Crippen LogP) is 1.94. The average molecular weight is 152 g/mol. The quantitative estimate of drug-likeness (QED) is 0.367. The van der Waals surface area contributed by atoms with Gasteiger partial charge < -0.3 is 4.48 Å². The second-order valence-corrected chi connectivity index (χ2v) is 4.45. The number of quaternary nitrogens is 1. The van der Waals surface area contributed by atoms with Gasteiger partial charge in [-0.2, -0.15) is 0 Å². The Bertz CT molecular complexity index is 181. The molecule has 0 spiro atoms. The van der Waals surface area contributed by atoms with Crippen molar-refractivity contribution < 1.29 is 4.48 Å². The van der Waals surface area contributed by atoms with E-state index < -0.39 is 0 Å². The van der Waals surface area contributed by atoms with Gasteiger partial charge >= 0.3 is 0 Å². The van der Waals surface area contributed by atoms with E-state index in [0.717, 1.165) is 12.1 Å². The minimum Gasteiger partial charge on any atom is -0.320 e. The zero-order valence-corrected chi connectivity index (χ0v) is 7.59. The van der Waals surface area contributed by atoms with Gasteiger partial charge in [0.25, 0.3) is 0 Å². The highest BCUT2D eigenvalue weighted by Gasteiger charge is 2.39. The molecule has 0 aromatic carbocycles. The van der Waals surface area contributed by atoms with Crippen LogP contribution in [0.2, 0.25) is 0 Å². The van der Waals surface area contributed by atoms with Crippen LogP contribution < -0.4 is 0 Å². The Morgan fingerprint density at radius 2 is 2.09 bits per heavy atom. The Morgan fingerprint density at radius 3 is 2.73 bits per heavy atom. The Balaban J connectivity index is 2.28. The van der Waals surface area contributed by atoms with Crippen LogP contribution in [0.5, 0.6) is 0 Å². The Labute approximate surface area is 69.3 Å². The van der Waals surface area contributed by atoms with Gasteiger partial charge in [0.15, 0.2) is 0 Å². The third-order valence-electron chi connectivity index (χ3n) is 3.60. The molecule has 62 valence electrons. The second kappa shape index (κ2) is 2.34. The fourth-order valence-corrected chi connectivity index (χ4v) is 2.60. The molecule has 2 atom stereocenters. The molecule has 0 N–H and O–H groups in total. The number of nitrogens with zero attached hydrogens (tertiary/aromatic N) is 1. The van der Waals surface area contributed by atoms with Gasteiger partial charge in [-0.25, -0.2) is 0 Å². The topological polar surface area (TPSA) is 0 Å². The van der Waals surface area contributed by atoms with Crippen LogP contribution in [0.3, 0.4) is 0 Å². The molecule has 0 unspecified atom stereocenters. The summed E-state index contributed by atoms with van der Waals surface area (Å²) in [6, 6.07) is 1.74. The maximum absolute atomic E-state index is 2.43. The summed E-state index contributed by atoms with van der Waals surface area (Å²) in [5.74, 6) is 0. The van der Waals surface area contributed by atoms with E-state index in [1.807, 2.05) is 0 Å². The zero-order valence-electron chi connectivity index (χ0n) is 7.59. The van der Waals surface area contributed by atoms with E-state index in [2.05, 4.69) is 26.2 Å². The molecule has 1 heteroatoms. The van der Waals surface area contributed by atoms with Gasteiger partial charge in [-0.1, -0.05) is 6.08 Å². The van der Waals surface area contributed by atoms with Crippen molar-refractivity contribution in [2.45, 2.75) is 37.8 Å². The number of hydrogen-bond donors (Lipinski definition) is 0. The summed E-state index contributed by atoms with van der Waals surface area (Å²) in [6.45, 7) is 0. The highest BCUT2D eigenvalue weighted by molar-refractivity contribution is 4.98. The first kappa shape index (κ1) is 7.35. The number of piperidine rings is 1. The highest BCUT2D eigenvalue weighted by atomic mass is 15.4. The van der Waals surface area contributed by atoms with E-state index in [-0.39, 0.29) is 0 Å². The van der Waals surface area contributed by atoms with Crippen molar-refractivity contribution in [2.24, 2.45) is 0 Å². The molecule has 2 aliphatic rings. The molecule has 1 saturated heterocycles. The first-order valence-electron chi connectivity index (χ1n) is 4.71. The Hall–Kier alpha value is -0.300. The molecule has 0 aromatic heterocycles. The summed E-state index contributed by atoms with van der Waals surface area (Å²) in [7, 11) is 4.77. The van der Waals surface area contributed by atoms with Crippen molar-refractivity contribution in [1.29, 1.82) is 0 Å². The molecule has 2 aliphatic heterocycles. The van der Waals surface area contributed by atoms with Crippen molar-refractivity contribution in [3.8, 4) is 0 Å². The van der Waals surface area contributed by atoms with Gasteiger partial charge in [0, 0.05) is 12.8 Å². The lowest BCUT2D eigenvalue weighted by Crippen LogP contribution is -2.58. The molecule has 11 heavy (non-hydrogen) atoms. The molecule has 0 amide bonds. The van der Waals surface area contributed by atoms with Crippen LogP contribution in [-0.2, 0) is 0 Å². The van der Waals surface area contributed by atoms with E-state index in [4.69, 9.17) is 0 Å². The van der Waals surface area contributed by atoms with E-state index in [1.54, 1.807) is 0 Å². The highest BCUT2D eigenvalue weighted by Crippen LogP contribution is 2.33. The largest absolute Gasteiger partial charge is 0.320 e. The molecule has 2 rings (SSSR count). The number of hydrogen-bond acceptors (Lipinski definition) is 0. The molecule has 0 aromatic rings. The molecule has 1 nitrogen and oxygen atoms in total. The third-order valence-corrected chi connectivity index (χ3v) is 3.60. The predicted molar refractivity (Wildman–Crippen MR) is 47.3 cm³/mol. The maximum atomic E-state index is 2.43. The zero-order chi connectivity index (χ0) is 7.90. The van der Waals surface area contributed by atoms with Gasteiger partial charge in [-0.05, 0) is 18.9 Å². The smallest absolute Gasteiger partial charge is 0.107 e. The van der Waals surface area contributed by atoms with E-state index in [0.29, 0.717) is 0 Å². The monoisotopic (exact) mass is 152 g/mol. The number of likely N-dealkylation sites (N-methyl/N-ethyl adjacent to an activating group) is 1. The molecule has 0 radical (unpaired) electrons. The van der Waals surface area contributed by atoms with E-state index >= 15 is 0 Å². The van der Waals surface area contributed by atoms with Crippen molar-refractivity contribution in [3.63, 3.8) is 0 Å². The molecule has 2 heterocycles. The Morgan fingerprint density at radius 1 is 1.27 bits per heavy atom. The van der Waals surface area contributed by atoms with Crippen LogP contribution in [-0.4, -0.2) is 30.7 Å². The molecule has 0 saturated carbocycles. The van der Waals surface area contributed by atoms with Gasteiger partial charge in [-0.15, -0.1) is 0 Å². The van der Waals surface area contributed by atoms with Crippen LogP contribution in [0, 0.1) is 0 Å². The third kappa shape index (κ3) is 1.02. The fourth-order valence-electron chi connectivity index (χ4n) is 2.60. The number of fused-ring (bicyclic) bond motifs is 2. The molecule has 2 bridgehead atoms. The van der Waals surface area contributed by atoms with Crippen LogP contribution in [0.15, 0.2) is 12.2 Å². The maximum Gasteiger partial charge on any atom is 0.107 e. The SMILES string of the molecule is C[N+]1(C)[C@H]2CC=C[C@@H]1CCC2. The van der Waals surface area contributed by atoms with Crippen LogP contribution >= 0.6 is 0 Å². The first-order valence-corrected chi connectivity index (χ1v) is 4.71. The van der Waals surface area contributed by atoms with Crippen LogP contribution in [0.25, 0.3) is 0 Å². The second-order valence-electron chi connectivity index (χ2n) is 4.45. The van der Waals surface area contributed by atoms with E-state index in [9.17, 15) is 0 Å². The fraction of sp³-hybridized carbons (Fsp3) is 0.800. The lowest BCUT2D eigenvalue weighted by molar-refractivity contribution is -0.939. The van der Waals surface area contributed by atoms with Crippen molar-refractivity contribution >= 4 is 0 Å². The summed E-state index contributed by atoms with van der Waals surface area (Å²) in [6.07, 6.45) is 10.4. The van der Waals surface area contributed by atoms with Gasteiger partial charge in [0.1, 0.15) is 6.04 Å². The summed E-state index contributed by atoms with van der Waals surface area (Å²) in [4.78, 5) is 0. The van der Waals surface area contributed by atoms with E-state index in [1.165, 1.54) is 30.2 Å². The van der Waals surface area contributed by atoms with Crippen molar-refractivity contribution in [2.75, 3.05) is 14.1 Å². The minimum atomic E-state index is 0.822. The lowest BCUT2D eigenvalue weighted by Gasteiger charge is -2.48. The number of rotatable bonds is 0. The Kier molecular flexibility index (Phi) is 1.57. The van der Waals surface area contributed by atoms with Crippen LogP contribution in [0.1, 0.15) is 25.7 Å². The summed E-state index contributed by atoms with van der Waals surface area (Å²) < 4.78 is 1.25. The summed E-state index contributed by atoms with van der Waals surface area (Å²) >= 11 is 0. The van der Waals surface area contributed by atoms with Crippen molar-refractivity contribution in [1.82, 2.24) is 0 Å². The summed E-state index contributed by atoms with van der Waals surface area (Å²) in [5.41, 5.74) is 0. The molecule has 0 aliphatic carbocycles. The summed E-state index contributed by atoms with van der Waals surface area (Å²) in [5, 5.41) is 0. The lowest BCUT2D eigenvalue weighted by atomic mass is 9.87. The molecule has 1 fully saturated rings. The minimum absolute atomic E-state index is 0.822. The van der Waals surface area contributed by atoms with Gasteiger partial charge in [0.2, 0.25) is 0 Å². The first-order chi connectivity index (χ1) is 5.21. The average Bonchev–Trinajstić information content (AvgIpc) is 1.82. The normalized spacial score (nSPS) is 40.5. The molecular weight excluding hydrogens is 134 g/mol.